The molecule has 2 N–H and O–H groups in total. The topological polar surface area (TPSA) is 39.2 Å². The third kappa shape index (κ3) is 1.83. The first-order valence-electron chi connectivity index (χ1n) is 5.79. The Hall–Kier alpha value is -1.06. The van der Waals surface area contributed by atoms with Crippen molar-refractivity contribution in [3.05, 3.63) is 58.5 Å². The predicted molar refractivity (Wildman–Crippen MR) is 70.7 cm³/mol. The minimum absolute atomic E-state index is 0.0591. The third-order valence-corrected chi connectivity index (χ3v) is 4.06. The molecule has 3 heteroatoms. The van der Waals surface area contributed by atoms with Crippen LogP contribution >= 0.6 is 15.9 Å². The Balaban J connectivity index is 1.94. The fraction of sp³-hybridized carbons (Fsp3) is 0.286. The van der Waals surface area contributed by atoms with Crippen molar-refractivity contribution in [2.75, 3.05) is 0 Å². The summed E-state index contributed by atoms with van der Waals surface area (Å²) in [5, 5.41) is 0. The molecular formula is C14H14BrNO. The Kier molecular flexibility index (Phi) is 2.60. The van der Waals surface area contributed by atoms with E-state index in [9.17, 15) is 0 Å². The van der Waals surface area contributed by atoms with E-state index in [1.54, 1.807) is 0 Å². The maximum absolute atomic E-state index is 6.37. The zero-order valence-corrected chi connectivity index (χ0v) is 11.0. The maximum Gasteiger partial charge on any atom is 0.169 e. The molecule has 1 aromatic heterocycles. The van der Waals surface area contributed by atoms with Crippen LogP contribution in [0.5, 0.6) is 0 Å². The Morgan fingerprint density at radius 2 is 1.82 bits per heavy atom. The van der Waals surface area contributed by atoms with Crippen molar-refractivity contribution in [1.82, 2.24) is 0 Å². The Morgan fingerprint density at radius 3 is 2.35 bits per heavy atom. The van der Waals surface area contributed by atoms with Crippen LogP contribution in [-0.2, 0) is 5.41 Å². The first-order chi connectivity index (χ1) is 8.22. The van der Waals surface area contributed by atoms with Gasteiger partial charge in [-0.3, -0.25) is 0 Å². The summed E-state index contributed by atoms with van der Waals surface area (Å²) in [4.78, 5) is 0. The van der Waals surface area contributed by atoms with Gasteiger partial charge in [0.2, 0.25) is 0 Å². The second kappa shape index (κ2) is 4.00. The van der Waals surface area contributed by atoms with Crippen LogP contribution in [0.2, 0.25) is 0 Å². The maximum atomic E-state index is 6.37. The summed E-state index contributed by atoms with van der Waals surface area (Å²) in [6.45, 7) is 0. The standard InChI is InChI=1S/C14H14BrNO/c15-12-7-6-11(17-12)13(16)14(8-9-14)10-4-2-1-3-5-10/h1-7,13H,8-9,16H2. The zero-order chi connectivity index (χ0) is 11.9. The monoisotopic (exact) mass is 291 g/mol. The lowest BCUT2D eigenvalue weighted by molar-refractivity contribution is 0.402. The number of nitrogens with two attached hydrogens (primary N) is 1. The summed E-state index contributed by atoms with van der Waals surface area (Å²) in [6, 6.07) is 14.3. The number of rotatable bonds is 3. The quantitative estimate of drug-likeness (QED) is 0.935. The lowest BCUT2D eigenvalue weighted by atomic mass is 9.87. The van der Waals surface area contributed by atoms with E-state index in [-0.39, 0.29) is 11.5 Å². The minimum atomic E-state index is -0.0591. The van der Waals surface area contributed by atoms with Gasteiger partial charge in [0.15, 0.2) is 4.67 Å². The van der Waals surface area contributed by atoms with Crippen LogP contribution in [0.15, 0.2) is 51.6 Å². The van der Waals surface area contributed by atoms with Gasteiger partial charge in [0, 0.05) is 5.41 Å². The molecule has 0 spiro atoms. The highest BCUT2D eigenvalue weighted by molar-refractivity contribution is 9.10. The number of hydrogen-bond acceptors (Lipinski definition) is 2. The van der Waals surface area contributed by atoms with E-state index < -0.39 is 0 Å². The molecule has 1 aliphatic rings. The van der Waals surface area contributed by atoms with Crippen LogP contribution in [-0.4, -0.2) is 0 Å². The fourth-order valence-corrected chi connectivity index (χ4v) is 2.77. The van der Waals surface area contributed by atoms with E-state index in [0.29, 0.717) is 0 Å². The third-order valence-electron chi connectivity index (χ3n) is 3.63. The molecule has 1 aliphatic carbocycles. The van der Waals surface area contributed by atoms with Crippen molar-refractivity contribution in [3.8, 4) is 0 Å². The van der Waals surface area contributed by atoms with Gasteiger partial charge in [-0.25, -0.2) is 0 Å². The molecule has 17 heavy (non-hydrogen) atoms. The van der Waals surface area contributed by atoms with E-state index in [4.69, 9.17) is 10.2 Å². The van der Waals surface area contributed by atoms with E-state index in [1.165, 1.54) is 5.56 Å². The van der Waals surface area contributed by atoms with Crippen molar-refractivity contribution in [2.45, 2.75) is 24.3 Å². The molecule has 0 radical (unpaired) electrons. The number of hydrogen-bond donors (Lipinski definition) is 1. The average molecular weight is 292 g/mol. The molecule has 0 aliphatic heterocycles. The van der Waals surface area contributed by atoms with Gasteiger partial charge >= 0.3 is 0 Å². The molecule has 1 unspecified atom stereocenters. The van der Waals surface area contributed by atoms with Gasteiger partial charge in [-0.15, -0.1) is 0 Å². The second-order valence-electron chi connectivity index (χ2n) is 4.64. The summed E-state index contributed by atoms with van der Waals surface area (Å²) in [5.41, 5.74) is 7.77. The average Bonchev–Trinajstić information content (AvgIpc) is 3.07. The summed E-state index contributed by atoms with van der Waals surface area (Å²) >= 11 is 3.32. The summed E-state index contributed by atoms with van der Waals surface area (Å²) in [5.74, 6) is 0.859. The van der Waals surface area contributed by atoms with Crippen LogP contribution in [0, 0.1) is 0 Å². The molecular weight excluding hydrogens is 278 g/mol. The molecule has 2 nitrogen and oxygen atoms in total. The fourth-order valence-electron chi connectivity index (χ4n) is 2.45. The molecule has 2 aromatic rings. The Labute approximate surface area is 109 Å². The molecule has 3 rings (SSSR count). The van der Waals surface area contributed by atoms with Crippen molar-refractivity contribution < 1.29 is 4.42 Å². The molecule has 1 aromatic carbocycles. The van der Waals surface area contributed by atoms with Gasteiger partial charge in [-0.2, -0.15) is 0 Å². The van der Waals surface area contributed by atoms with Crippen LogP contribution in [0.25, 0.3) is 0 Å². The Morgan fingerprint density at radius 1 is 1.12 bits per heavy atom. The first kappa shape index (κ1) is 11.1. The number of halogens is 1. The summed E-state index contributed by atoms with van der Waals surface area (Å²) in [7, 11) is 0. The molecule has 0 bridgehead atoms. The lowest BCUT2D eigenvalue weighted by Crippen LogP contribution is -2.25. The minimum Gasteiger partial charge on any atom is -0.453 e. The van der Waals surface area contributed by atoms with Crippen LogP contribution in [0.4, 0.5) is 0 Å². The van der Waals surface area contributed by atoms with Crippen LogP contribution in [0.3, 0.4) is 0 Å². The molecule has 0 amide bonds. The van der Waals surface area contributed by atoms with Crippen molar-refractivity contribution >= 4 is 15.9 Å². The van der Waals surface area contributed by atoms with Gasteiger partial charge in [0.05, 0.1) is 6.04 Å². The molecule has 88 valence electrons. The number of furan rings is 1. The summed E-state index contributed by atoms with van der Waals surface area (Å²) in [6.07, 6.45) is 2.27. The molecule has 1 atom stereocenters. The van der Waals surface area contributed by atoms with Gasteiger partial charge in [-0.05, 0) is 46.5 Å². The van der Waals surface area contributed by atoms with Gasteiger partial charge in [0.1, 0.15) is 5.76 Å². The van der Waals surface area contributed by atoms with E-state index in [2.05, 4.69) is 40.2 Å². The highest BCUT2D eigenvalue weighted by atomic mass is 79.9. The van der Waals surface area contributed by atoms with Gasteiger partial charge < -0.3 is 10.2 Å². The highest BCUT2D eigenvalue weighted by Crippen LogP contribution is 2.55. The Bertz CT molecular complexity index is 516. The largest absolute Gasteiger partial charge is 0.453 e. The highest BCUT2D eigenvalue weighted by Gasteiger charge is 2.50. The van der Waals surface area contributed by atoms with Crippen LogP contribution in [0.1, 0.15) is 30.2 Å². The van der Waals surface area contributed by atoms with Crippen molar-refractivity contribution in [2.24, 2.45) is 5.73 Å². The van der Waals surface area contributed by atoms with Crippen molar-refractivity contribution in [3.63, 3.8) is 0 Å². The molecule has 1 fully saturated rings. The zero-order valence-electron chi connectivity index (χ0n) is 9.40. The lowest BCUT2D eigenvalue weighted by Gasteiger charge is -2.22. The van der Waals surface area contributed by atoms with Gasteiger partial charge in [-0.1, -0.05) is 30.3 Å². The molecule has 1 saturated carbocycles. The number of benzene rings is 1. The first-order valence-corrected chi connectivity index (χ1v) is 6.58. The van der Waals surface area contributed by atoms with E-state index >= 15 is 0 Å². The molecule has 0 saturated heterocycles. The summed E-state index contributed by atoms with van der Waals surface area (Å²) < 4.78 is 6.33. The second-order valence-corrected chi connectivity index (χ2v) is 5.42. The smallest absolute Gasteiger partial charge is 0.169 e. The molecule has 1 heterocycles. The normalized spacial score (nSPS) is 18.9. The van der Waals surface area contributed by atoms with E-state index in [0.717, 1.165) is 23.3 Å². The van der Waals surface area contributed by atoms with Crippen LogP contribution < -0.4 is 5.73 Å². The van der Waals surface area contributed by atoms with E-state index in [1.807, 2.05) is 18.2 Å². The van der Waals surface area contributed by atoms with Crippen molar-refractivity contribution in [1.29, 1.82) is 0 Å². The van der Waals surface area contributed by atoms with Gasteiger partial charge in [0.25, 0.3) is 0 Å². The predicted octanol–water partition coefficient (Wildman–Crippen LogP) is 3.77. The SMILES string of the molecule is NC(c1ccc(Br)o1)C1(c2ccccc2)CC1.